The molecule has 2 aromatic heterocycles. The molecule has 0 saturated carbocycles. The quantitative estimate of drug-likeness (QED) is 0.173. The minimum atomic E-state index is 0.609. The van der Waals surface area contributed by atoms with Gasteiger partial charge in [0.2, 0.25) is 5.89 Å². The van der Waals surface area contributed by atoms with Gasteiger partial charge in [0.05, 0.1) is 16.7 Å². The second-order valence-electron chi connectivity index (χ2n) is 14.0. The maximum Gasteiger partial charge on any atom is 0.227 e. The first-order valence-corrected chi connectivity index (χ1v) is 18.6. The molecule has 0 bridgehead atoms. The van der Waals surface area contributed by atoms with Gasteiger partial charge in [-0.1, -0.05) is 133 Å². The third-order valence-electron chi connectivity index (χ3n) is 10.8. The summed E-state index contributed by atoms with van der Waals surface area (Å²) < 4.78 is 8.81. The molecule has 11 aromatic rings. The van der Waals surface area contributed by atoms with Gasteiger partial charge >= 0.3 is 0 Å². The van der Waals surface area contributed by atoms with Gasteiger partial charge in [-0.25, -0.2) is 4.98 Å². The van der Waals surface area contributed by atoms with Crippen molar-refractivity contribution in [2.75, 3.05) is 4.90 Å². The summed E-state index contributed by atoms with van der Waals surface area (Å²) in [7, 11) is 0. The average Bonchev–Trinajstić information content (AvgIpc) is 3.84. The number of anilines is 3. The Kier molecular flexibility index (Phi) is 7.14. The summed E-state index contributed by atoms with van der Waals surface area (Å²) in [6, 6.07) is 71.0. The molecule has 2 heterocycles. The van der Waals surface area contributed by atoms with Crippen molar-refractivity contribution in [1.29, 1.82) is 0 Å². The number of hydrogen-bond acceptors (Lipinski definition) is 3. The Morgan fingerprint density at radius 1 is 0.455 bits per heavy atom. The van der Waals surface area contributed by atoms with Gasteiger partial charge in [-0.15, -0.1) is 0 Å². The van der Waals surface area contributed by atoms with E-state index >= 15 is 0 Å². The number of aromatic nitrogens is 2. The van der Waals surface area contributed by atoms with Crippen molar-refractivity contribution >= 4 is 71.5 Å². The van der Waals surface area contributed by atoms with Crippen molar-refractivity contribution in [1.82, 2.24) is 9.55 Å². The number of benzene rings is 9. The molecule has 55 heavy (non-hydrogen) atoms. The summed E-state index contributed by atoms with van der Waals surface area (Å²) in [5, 5.41) is 7.03. The Balaban J connectivity index is 1.17. The van der Waals surface area contributed by atoms with E-state index in [2.05, 4.69) is 173 Å². The molecule has 4 nitrogen and oxygen atoms in total. The monoisotopic (exact) mass is 703 g/mol. The van der Waals surface area contributed by atoms with Gasteiger partial charge < -0.3 is 13.9 Å². The minimum Gasteiger partial charge on any atom is -0.436 e. The van der Waals surface area contributed by atoms with Crippen molar-refractivity contribution in [3.8, 4) is 28.3 Å². The zero-order valence-electron chi connectivity index (χ0n) is 29.8. The molecule has 0 saturated heterocycles. The van der Waals surface area contributed by atoms with Crippen LogP contribution in [-0.2, 0) is 0 Å². The maximum absolute atomic E-state index is 6.43. The second-order valence-corrected chi connectivity index (χ2v) is 14.0. The fraction of sp³-hybridized carbons (Fsp3) is 0. The van der Waals surface area contributed by atoms with Crippen molar-refractivity contribution in [3.05, 3.63) is 200 Å². The molecule has 0 fully saturated rings. The van der Waals surface area contributed by atoms with Gasteiger partial charge in [0, 0.05) is 38.8 Å². The topological polar surface area (TPSA) is 34.2 Å². The van der Waals surface area contributed by atoms with Crippen LogP contribution in [0.15, 0.2) is 205 Å². The normalized spacial score (nSPS) is 11.6. The number of nitrogens with zero attached hydrogens (tertiary/aromatic N) is 3. The summed E-state index contributed by atoms with van der Waals surface area (Å²) in [4.78, 5) is 7.53. The van der Waals surface area contributed by atoms with E-state index in [0.717, 1.165) is 55.7 Å². The molecule has 0 unspecified atom stereocenters. The van der Waals surface area contributed by atoms with Crippen molar-refractivity contribution in [2.45, 2.75) is 0 Å². The van der Waals surface area contributed by atoms with E-state index in [1.807, 2.05) is 36.4 Å². The van der Waals surface area contributed by atoms with Crippen molar-refractivity contribution in [2.24, 2.45) is 0 Å². The van der Waals surface area contributed by atoms with Gasteiger partial charge in [-0.05, 0) is 94.0 Å². The van der Waals surface area contributed by atoms with E-state index < -0.39 is 0 Å². The highest BCUT2D eigenvalue weighted by molar-refractivity contribution is 6.14. The van der Waals surface area contributed by atoms with E-state index in [0.29, 0.717) is 5.89 Å². The molecule has 0 radical (unpaired) electrons. The third-order valence-corrected chi connectivity index (χ3v) is 10.8. The van der Waals surface area contributed by atoms with Crippen LogP contribution in [0.1, 0.15) is 0 Å². The summed E-state index contributed by atoms with van der Waals surface area (Å²) in [6.45, 7) is 0. The highest BCUT2D eigenvalue weighted by atomic mass is 16.3. The fourth-order valence-electron chi connectivity index (χ4n) is 8.28. The van der Waals surface area contributed by atoms with Gasteiger partial charge in [0.1, 0.15) is 5.52 Å². The number of rotatable bonds is 6. The molecule has 0 spiro atoms. The van der Waals surface area contributed by atoms with Crippen LogP contribution >= 0.6 is 0 Å². The van der Waals surface area contributed by atoms with Gasteiger partial charge in [0.25, 0.3) is 0 Å². The molecule has 258 valence electrons. The third kappa shape index (κ3) is 5.11. The molecule has 11 rings (SSSR count). The SMILES string of the molecule is c1ccc(-c2nc3c(ccc4cccc(N(c5ccc(-c6cccc7ccccc67)cc5)c5ccc6c7ccccc7n(-c7ccccc7)c6c5)c43)o2)cc1. The zero-order valence-corrected chi connectivity index (χ0v) is 29.8. The van der Waals surface area contributed by atoms with Crippen LogP contribution in [0.2, 0.25) is 0 Å². The van der Waals surface area contributed by atoms with Crippen LogP contribution < -0.4 is 4.90 Å². The van der Waals surface area contributed by atoms with Crippen LogP contribution in [0, 0.1) is 0 Å². The molecule has 0 aliphatic rings. The van der Waals surface area contributed by atoms with Crippen LogP contribution in [-0.4, -0.2) is 9.55 Å². The van der Waals surface area contributed by atoms with E-state index in [4.69, 9.17) is 9.40 Å². The second kappa shape index (κ2) is 12.6. The lowest BCUT2D eigenvalue weighted by molar-refractivity contribution is 0.620. The van der Waals surface area contributed by atoms with Crippen molar-refractivity contribution in [3.63, 3.8) is 0 Å². The predicted molar refractivity (Wildman–Crippen MR) is 229 cm³/mol. The molecular weight excluding hydrogens is 671 g/mol. The maximum atomic E-state index is 6.43. The zero-order chi connectivity index (χ0) is 36.3. The van der Waals surface area contributed by atoms with E-state index in [9.17, 15) is 0 Å². The molecule has 4 heteroatoms. The molecule has 0 atom stereocenters. The Morgan fingerprint density at radius 2 is 1.13 bits per heavy atom. The lowest BCUT2D eigenvalue weighted by atomic mass is 9.98. The van der Waals surface area contributed by atoms with Crippen LogP contribution in [0.4, 0.5) is 17.1 Å². The van der Waals surface area contributed by atoms with E-state index in [1.165, 1.54) is 38.2 Å². The Labute approximate surface area is 317 Å². The first-order valence-electron chi connectivity index (χ1n) is 18.6. The van der Waals surface area contributed by atoms with E-state index in [1.54, 1.807) is 0 Å². The average molecular weight is 704 g/mol. The van der Waals surface area contributed by atoms with Crippen molar-refractivity contribution < 1.29 is 4.42 Å². The molecule has 0 aliphatic carbocycles. The lowest BCUT2D eigenvalue weighted by Gasteiger charge is -2.27. The lowest BCUT2D eigenvalue weighted by Crippen LogP contribution is -2.11. The fourth-order valence-corrected chi connectivity index (χ4v) is 8.28. The number of fused-ring (bicyclic) bond motifs is 7. The summed E-state index contributed by atoms with van der Waals surface area (Å²) in [5.74, 6) is 0.609. The molecular formula is C51H33N3O. The number of oxazole rings is 1. The van der Waals surface area contributed by atoms with E-state index in [-0.39, 0.29) is 0 Å². The van der Waals surface area contributed by atoms with Crippen LogP contribution in [0.3, 0.4) is 0 Å². The van der Waals surface area contributed by atoms with Gasteiger partial charge in [0.15, 0.2) is 5.58 Å². The molecule has 0 amide bonds. The Bertz CT molecular complexity index is 3190. The molecule has 0 aliphatic heterocycles. The van der Waals surface area contributed by atoms with Gasteiger partial charge in [-0.2, -0.15) is 0 Å². The standard InChI is InChI=1S/C51H33N3O/c1-3-14-37(15-4-1)51-52-50-48(55-51)32-27-36-17-12-24-46(49(36)50)53(39-28-25-35(26-29-39)42-22-11-16-34-13-7-8-20-41(34)42)40-30-31-44-43-21-9-10-23-45(43)54(47(44)33-40)38-18-5-2-6-19-38/h1-33H. The molecule has 9 aromatic carbocycles. The van der Waals surface area contributed by atoms with Crippen LogP contribution in [0.25, 0.3) is 82.7 Å². The number of hydrogen-bond donors (Lipinski definition) is 0. The minimum absolute atomic E-state index is 0.609. The summed E-state index contributed by atoms with van der Waals surface area (Å²) in [6.07, 6.45) is 0. The first-order chi connectivity index (χ1) is 27.3. The Hall–Kier alpha value is -7.43. The van der Waals surface area contributed by atoms with Crippen LogP contribution in [0.5, 0.6) is 0 Å². The highest BCUT2D eigenvalue weighted by Crippen LogP contribution is 2.44. The molecule has 0 N–H and O–H groups in total. The highest BCUT2D eigenvalue weighted by Gasteiger charge is 2.22. The summed E-state index contributed by atoms with van der Waals surface area (Å²) in [5.41, 5.74) is 11.5. The predicted octanol–water partition coefficient (Wildman–Crippen LogP) is 14.0. The number of para-hydroxylation sites is 2. The van der Waals surface area contributed by atoms with Gasteiger partial charge in [-0.3, -0.25) is 0 Å². The Morgan fingerprint density at radius 3 is 1.98 bits per heavy atom. The smallest absolute Gasteiger partial charge is 0.227 e. The largest absolute Gasteiger partial charge is 0.436 e. The first kappa shape index (κ1) is 31.1. The summed E-state index contributed by atoms with van der Waals surface area (Å²) >= 11 is 0.